The molecule has 7 heteroatoms. The Balaban J connectivity index is 1.20. The minimum Gasteiger partial charge on any atom is -0.733 e. The summed E-state index contributed by atoms with van der Waals surface area (Å²) in [5.74, 6) is 0.808. The molecule has 2 aliphatic carbocycles. The minimum atomic E-state index is -0.119. The van der Waals surface area contributed by atoms with Crippen molar-refractivity contribution in [1.82, 2.24) is 4.90 Å². The van der Waals surface area contributed by atoms with Crippen LogP contribution in [0.25, 0.3) is 0 Å². The van der Waals surface area contributed by atoms with Gasteiger partial charge in [-0.2, -0.15) is 0 Å². The van der Waals surface area contributed by atoms with Crippen molar-refractivity contribution in [2.24, 2.45) is 23.2 Å². The van der Waals surface area contributed by atoms with Gasteiger partial charge in [-0.1, -0.05) is 19.1 Å². The van der Waals surface area contributed by atoms with Gasteiger partial charge in [0.05, 0.1) is 11.6 Å². The third-order valence-corrected chi connectivity index (χ3v) is 8.58. The lowest BCUT2D eigenvalue weighted by atomic mass is 9.55. The zero-order valence-corrected chi connectivity index (χ0v) is 18.9. The molecule has 32 heavy (non-hydrogen) atoms. The summed E-state index contributed by atoms with van der Waals surface area (Å²) in [5.41, 5.74) is 2.89. The van der Waals surface area contributed by atoms with E-state index in [1.54, 1.807) is 12.1 Å². The average molecular weight is 441 g/mol. The van der Waals surface area contributed by atoms with Gasteiger partial charge < -0.3 is 20.1 Å². The van der Waals surface area contributed by atoms with Crippen molar-refractivity contribution < 1.29 is 14.7 Å². The molecule has 4 aliphatic rings. The van der Waals surface area contributed by atoms with Gasteiger partial charge in [0.25, 0.3) is 0 Å². The molecular weight excluding hydrogens is 406 g/mol. The predicted octanol–water partition coefficient (Wildman–Crippen LogP) is 3.82. The lowest BCUT2D eigenvalue weighted by molar-refractivity contribution is -0.146. The third kappa shape index (κ3) is 3.91. The highest BCUT2D eigenvalue weighted by atomic mass is 16.8. The first-order valence-corrected chi connectivity index (χ1v) is 12.0. The topological polar surface area (TPSA) is 79.3 Å². The Hall–Kier alpha value is -2.09. The van der Waals surface area contributed by atoms with E-state index in [0.717, 1.165) is 57.7 Å². The molecule has 0 aromatic heterocycles. The molecular formula is C25H34N3O4-. The van der Waals surface area contributed by atoms with Crippen LogP contribution in [0, 0.1) is 28.4 Å². The zero-order valence-electron chi connectivity index (χ0n) is 18.9. The Morgan fingerprint density at radius 1 is 1.25 bits per heavy atom. The smallest absolute Gasteiger partial charge is 0.310 e. The van der Waals surface area contributed by atoms with Crippen LogP contribution >= 0.6 is 0 Å². The second kappa shape index (κ2) is 8.36. The standard InChI is InChI=1S/C25H34N3O4/c1-17-4-3-9-25(2)15-23-20(14-22(17)25)21(24(29)32-23)16-26-10-12-27(13-11-26)18-5-7-19(8-6-18)28(30)31/h5-8,20-23,30H,1,3-4,9-16H2,2H3/q-1/t20-,21-,22+,23+,25+/m0/s1. The number of piperazine rings is 1. The lowest BCUT2D eigenvalue weighted by Gasteiger charge is -2.50. The lowest BCUT2D eigenvalue weighted by Crippen LogP contribution is -2.50. The Kier molecular flexibility index (Phi) is 5.68. The molecule has 2 saturated carbocycles. The number of nitrogens with zero attached hydrogens (tertiary/aromatic N) is 3. The van der Waals surface area contributed by atoms with E-state index in [-0.39, 0.29) is 34.3 Å². The number of rotatable bonds is 4. The van der Waals surface area contributed by atoms with Crippen LogP contribution in [-0.2, 0) is 9.53 Å². The van der Waals surface area contributed by atoms with E-state index in [0.29, 0.717) is 11.8 Å². The number of carbonyl (C=O) groups excluding carboxylic acids is 1. The fourth-order valence-corrected chi connectivity index (χ4v) is 6.72. The molecule has 0 spiro atoms. The highest BCUT2D eigenvalue weighted by Gasteiger charge is 2.55. The molecule has 1 N–H and O–H groups in total. The maximum absolute atomic E-state index is 12.8. The van der Waals surface area contributed by atoms with Gasteiger partial charge in [-0.25, -0.2) is 0 Å². The summed E-state index contributed by atoms with van der Waals surface area (Å²) in [6.45, 7) is 11.1. The molecule has 7 nitrogen and oxygen atoms in total. The molecule has 0 bridgehead atoms. The highest BCUT2D eigenvalue weighted by molar-refractivity contribution is 5.75. The molecule has 2 aliphatic heterocycles. The number of hydrogen-bond acceptors (Lipinski definition) is 7. The van der Waals surface area contributed by atoms with Crippen molar-refractivity contribution in [3.8, 4) is 0 Å². The molecule has 0 unspecified atom stereocenters. The summed E-state index contributed by atoms with van der Waals surface area (Å²) < 4.78 is 5.93. The summed E-state index contributed by atoms with van der Waals surface area (Å²) >= 11 is 0. The van der Waals surface area contributed by atoms with E-state index in [2.05, 4.69) is 23.3 Å². The van der Waals surface area contributed by atoms with Gasteiger partial charge in [-0.3, -0.25) is 14.9 Å². The number of hydrogen-bond donors (Lipinski definition) is 1. The second-order valence-corrected chi connectivity index (χ2v) is 10.5. The zero-order chi connectivity index (χ0) is 22.5. The van der Waals surface area contributed by atoms with Gasteiger partial charge in [0.15, 0.2) is 0 Å². The first-order valence-electron chi connectivity index (χ1n) is 12.0. The van der Waals surface area contributed by atoms with Crippen molar-refractivity contribution in [2.45, 2.75) is 45.1 Å². The quantitative estimate of drug-likeness (QED) is 0.433. The van der Waals surface area contributed by atoms with E-state index in [9.17, 15) is 10.0 Å². The van der Waals surface area contributed by atoms with Crippen molar-refractivity contribution >= 4 is 17.3 Å². The van der Waals surface area contributed by atoms with Crippen LogP contribution in [0.4, 0.5) is 11.4 Å². The molecule has 2 heterocycles. The first-order chi connectivity index (χ1) is 15.3. The van der Waals surface area contributed by atoms with Crippen LogP contribution in [0.2, 0.25) is 0 Å². The largest absolute Gasteiger partial charge is 0.733 e. The average Bonchev–Trinajstić information content (AvgIpc) is 3.06. The SMILES string of the molecule is C=C1CCC[C@]2(C)C[C@H]3OC(=O)[C@@H](CN4CCN(c5ccc(N([O-])O)cc5)CC4)[C@@H]3C[C@H]12. The molecule has 5 atom stereocenters. The first kappa shape index (κ1) is 21.7. The number of fused-ring (bicyclic) bond motifs is 2. The number of anilines is 2. The van der Waals surface area contributed by atoms with Gasteiger partial charge in [0.1, 0.15) is 6.10 Å². The summed E-state index contributed by atoms with van der Waals surface area (Å²) in [7, 11) is 0. The van der Waals surface area contributed by atoms with Gasteiger partial charge in [0.2, 0.25) is 0 Å². The maximum atomic E-state index is 12.8. The molecule has 4 fully saturated rings. The van der Waals surface area contributed by atoms with Crippen LogP contribution < -0.4 is 10.1 Å². The van der Waals surface area contributed by atoms with Crippen LogP contribution in [0.1, 0.15) is 39.0 Å². The second-order valence-electron chi connectivity index (χ2n) is 10.5. The molecule has 5 rings (SSSR count). The van der Waals surface area contributed by atoms with Gasteiger partial charge in [-0.15, -0.1) is 0 Å². The van der Waals surface area contributed by atoms with Gasteiger partial charge >= 0.3 is 5.97 Å². The van der Waals surface area contributed by atoms with Crippen molar-refractivity contribution in [3.63, 3.8) is 0 Å². The Bertz CT molecular complexity index is 864. The number of ether oxygens (including phenoxy) is 1. The highest BCUT2D eigenvalue weighted by Crippen LogP contribution is 2.56. The predicted molar refractivity (Wildman–Crippen MR) is 123 cm³/mol. The Morgan fingerprint density at radius 3 is 2.66 bits per heavy atom. The maximum Gasteiger partial charge on any atom is 0.310 e. The van der Waals surface area contributed by atoms with Crippen LogP contribution in [0.5, 0.6) is 0 Å². The van der Waals surface area contributed by atoms with Crippen LogP contribution in [0.15, 0.2) is 36.4 Å². The van der Waals surface area contributed by atoms with Crippen molar-refractivity contribution in [3.05, 3.63) is 41.6 Å². The van der Waals surface area contributed by atoms with E-state index in [1.807, 2.05) is 12.1 Å². The molecule has 1 aromatic rings. The van der Waals surface area contributed by atoms with Crippen LogP contribution in [0.3, 0.4) is 0 Å². The number of benzene rings is 1. The third-order valence-electron chi connectivity index (χ3n) is 8.58. The normalized spacial score (nSPS) is 35.3. The number of carbonyl (C=O) groups is 1. The van der Waals surface area contributed by atoms with Gasteiger partial charge in [-0.05, 0) is 67.7 Å². The Morgan fingerprint density at radius 2 is 1.97 bits per heavy atom. The van der Waals surface area contributed by atoms with E-state index >= 15 is 0 Å². The molecule has 2 saturated heterocycles. The molecule has 0 amide bonds. The number of esters is 1. The fourth-order valence-electron chi connectivity index (χ4n) is 6.72. The minimum absolute atomic E-state index is 0.00273. The summed E-state index contributed by atoms with van der Waals surface area (Å²) in [6, 6.07) is 6.97. The molecule has 0 radical (unpaired) electrons. The summed E-state index contributed by atoms with van der Waals surface area (Å²) in [4.78, 5) is 17.5. The summed E-state index contributed by atoms with van der Waals surface area (Å²) in [5, 5.41) is 19.9. The summed E-state index contributed by atoms with van der Waals surface area (Å²) in [6.07, 6.45) is 5.67. The van der Waals surface area contributed by atoms with E-state index in [1.165, 1.54) is 18.4 Å². The molecule has 1 aromatic carbocycles. The number of allylic oxidation sites excluding steroid dienone is 1. The Labute approximate surface area is 190 Å². The fraction of sp³-hybridized carbons (Fsp3) is 0.640. The van der Waals surface area contributed by atoms with Crippen molar-refractivity contribution in [1.29, 1.82) is 0 Å². The van der Waals surface area contributed by atoms with E-state index in [4.69, 9.17) is 9.94 Å². The van der Waals surface area contributed by atoms with E-state index < -0.39 is 0 Å². The molecule has 174 valence electrons. The van der Waals surface area contributed by atoms with Gasteiger partial charge in [0, 0.05) is 44.3 Å². The van der Waals surface area contributed by atoms with Crippen LogP contribution in [-0.4, -0.2) is 54.9 Å². The monoisotopic (exact) mass is 440 g/mol. The van der Waals surface area contributed by atoms with Crippen molar-refractivity contribution in [2.75, 3.05) is 42.9 Å².